The van der Waals surface area contributed by atoms with Crippen molar-refractivity contribution in [3.05, 3.63) is 83.9 Å². The minimum Gasteiger partial charge on any atom is -0.295 e. The molecule has 0 saturated carbocycles. The van der Waals surface area contributed by atoms with E-state index >= 15 is 0 Å². The number of thioether (sulfide) groups is 1. The summed E-state index contributed by atoms with van der Waals surface area (Å²) in [5, 5.41) is 15.4. The molecule has 9 heteroatoms. The number of aromatic nitrogens is 4. The average Bonchev–Trinajstić information content (AvgIpc) is 3.37. The van der Waals surface area contributed by atoms with E-state index in [2.05, 4.69) is 20.6 Å². The van der Waals surface area contributed by atoms with Crippen LogP contribution in [-0.4, -0.2) is 25.9 Å². The normalized spacial score (nSPS) is 10.8. The molecule has 2 heterocycles. The van der Waals surface area contributed by atoms with E-state index in [0.717, 1.165) is 10.1 Å². The highest BCUT2D eigenvalue weighted by atomic mass is 32.2. The van der Waals surface area contributed by atoms with Gasteiger partial charge in [0.15, 0.2) is 10.0 Å². The summed E-state index contributed by atoms with van der Waals surface area (Å²) in [5.74, 6) is 0.0147. The van der Waals surface area contributed by atoms with Gasteiger partial charge in [0, 0.05) is 11.9 Å². The molecule has 6 nitrogen and oxygen atoms in total. The van der Waals surface area contributed by atoms with Crippen molar-refractivity contribution in [2.75, 3.05) is 5.32 Å². The number of benzene rings is 2. The minimum absolute atomic E-state index is 0.206. The lowest BCUT2D eigenvalue weighted by Gasteiger charge is -2.01. The van der Waals surface area contributed by atoms with Crippen LogP contribution in [0.5, 0.6) is 0 Å². The molecular formula is C19H14FN5OS2. The van der Waals surface area contributed by atoms with Crippen molar-refractivity contribution in [3.8, 4) is 5.69 Å². The van der Waals surface area contributed by atoms with Gasteiger partial charge in [-0.1, -0.05) is 59.5 Å². The van der Waals surface area contributed by atoms with Gasteiger partial charge in [-0.2, -0.15) is 5.10 Å². The number of carbonyl (C=O) groups excluding carboxylic acids is 1. The van der Waals surface area contributed by atoms with E-state index in [1.54, 1.807) is 36.2 Å². The van der Waals surface area contributed by atoms with Gasteiger partial charge in [0.25, 0.3) is 5.91 Å². The Morgan fingerprint density at radius 1 is 1.11 bits per heavy atom. The summed E-state index contributed by atoms with van der Waals surface area (Å²) < 4.78 is 15.6. The molecule has 1 N–H and O–H groups in total. The zero-order valence-corrected chi connectivity index (χ0v) is 16.1. The Morgan fingerprint density at radius 2 is 1.96 bits per heavy atom. The van der Waals surface area contributed by atoms with Gasteiger partial charge in [0.2, 0.25) is 5.13 Å². The topological polar surface area (TPSA) is 72.7 Å². The molecule has 0 aliphatic rings. The number of halogens is 1. The number of hydrogen-bond donors (Lipinski definition) is 1. The highest BCUT2D eigenvalue weighted by Gasteiger charge is 2.14. The molecule has 0 spiro atoms. The average molecular weight is 411 g/mol. The lowest BCUT2D eigenvalue weighted by molar-refractivity contribution is 0.102. The van der Waals surface area contributed by atoms with E-state index < -0.39 is 5.91 Å². The van der Waals surface area contributed by atoms with E-state index in [4.69, 9.17) is 0 Å². The van der Waals surface area contributed by atoms with Crippen LogP contribution in [0.2, 0.25) is 0 Å². The van der Waals surface area contributed by atoms with Crippen LogP contribution in [0.15, 0.2) is 71.2 Å². The first-order valence-corrected chi connectivity index (χ1v) is 10.1. The first-order valence-electron chi connectivity index (χ1n) is 8.30. The summed E-state index contributed by atoms with van der Waals surface area (Å²) in [6.07, 6.45) is 1.60. The summed E-state index contributed by atoms with van der Waals surface area (Å²) in [7, 11) is 0. The van der Waals surface area contributed by atoms with Gasteiger partial charge in [-0.15, -0.1) is 10.2 Å². The molecule has 0 atom stereocenters. The molecule has 4 rings (SSSR count). The molecule has 2 aromatic heterocycles. The van der Waals surface area contributed by atoms with Crippen molar-refractivity contribution in [3.63, 3.8) is 0 Å². The molecular weight excluding hydrogens is 397 g/mol. The molecule has 0 unspecified atom stereocenters. The first kappa shape index (κ1) is 18.3. The standard InChI is InChI=1S/C19H14FN5OS2/c20-14-7-4-8-15(11-14)25-10-9-16(24-25)17(26)21-18-22-23-19(28-18)27-12-13-5-2-1-3-6-13/h1-11H,12H2,(H,21,22,26). The van der Waals surface area contributed by atoms with Gasteiger partial charge in [0.05, 0.1) is 5.69 Å². The molecule has 0 bridgehead atoms. The Balaban J connectivity index is 1.38. The molecule has 4 aromatic rings. The number of rotatable bonds is 6. The maximum atomic E-state index is 13.3. The number of amides is 1. The van der Waals surface area contributed by atoms with E-state index in [-0.39, 0.29) is 11.5 Å². The number of carbonyl (C=O) groups is 1. The van der Waals surface area contributed by atoms with Crippen molar-refractivity contribution in [2.45, 2.75) is 10.1 Å². The predicted molar refractivity (Wildman–Crippen MR) is 107 cm³/mol. The molecule has 1 amide bonds. The molecule has 0 radical (unpaired) electrons. The number of hydrogen-bond acceptors (Lipinski definition) is 6. The summed E-state index contributed by atoms with van der Waals surface area (Å²) >= 11 is 2.86. The maximum absolute atomic E-state index is 13.3. The Kier molecular flexibility index (Phi) is 5.45. The zero-order chi connectivity index (χ0) is 19.3. The number of nitrogens with zero attached hydrogens (tertiary/aromatic N) is 4. The Bertz CT molecular complexity index is 1100. The van der Waals surface area contributed by atoms with E-state index in [1.807, 2.05) is 30.3 Å². The van der Waals surface area contributed by atoms with Crippen LogP contribution in [0.4, 0.5) is 9.52 Å². The number of anilines is 1. The first-order chi connectivity index (χ1) is 13.7. The molecule has 0 saturated heterocycles. The SMILES string of the molecule is O=C(Nc1nnc(SCc2ccccc2)s1)c1ccn(-c2cccc(F)c2)n1. The van der Waals surface area contributed by atoms with Crippen molar-refractivity contribution in [1.29, 1.82) is 0 Å². The van der Waals surface area contributed by atoms with Crippen LogP contribution in [0.3, 0.4) is 0 Å². The van der Waals surface area contributed by atoms with Gasteiger partial charge in [-0.05, 0) is 29.8 Å². The van der Waals surface area contributed by atoms with E-state index in [0.29, 0.717) is 10.8 Å². The molecule has 28 heavy (non-hydrogen) atoms. The van der Waals surface area contributed by atoms with Crippen molar-refractivity contribution < 1.29 is 9.18 Å². The lowest BCUT2D eigenvalue weighted by atomic mass is 10.2. The molecule has 0 aliphatic heterocycles. The quantitative estimate of drug-likeness (QED) is 0.376. The summed E-state index contributed by atoms with van der Waals surface area (Å²) in [4.78, 5) is 12.4. The molecule has 0 aliphatic carbocycles. The highest BCUT2D eigenvalue weighted by Crippen LogP contribution is 2.28. The monoisotopic (exact) mass is 411 g/mol. The van der Waals surface area contributed by atoms with Crippen LogP contribution in [0, 0.1) is 5.82 Å². The second-order valence-corrected chi connectivity index (χ2v) is 7.93. The van der Waals surface area contributed by atoms with Crippen LogP contribution >= 0.6 is 23.1 Å². The third-order valence-electron chi connectivity index (χ3n) is 3.73. The van der Waals surface area contributed by atoms with Crippen LogP contribution in [0.25, 0.3) is 5.69 Å². The van der Waals surface area contributed by atoms with Gasteiger partial charge >= 0.3 is 0 Å². The minimum atomic E-state index is -0.397. The third kappa shape index (κ3) is 4.44. The summed E-state index contributed by atoms with van der Waals surface area (Å²) in [6.45, 7) is 0. The van der Waals surface area contributed by atoms with E-state index in [1.165, 1.54) is 33.7 Å². The second kappa shape index (κ2) is 8.32. The summed E-state index contributed by atoms with van der Waals surface area (Å²) in [6, 6.07) is 17.6. The van der Waals surface area contributed by atoms with Crippen LogP contribution in [-0.2, 0) is 5.75 Å². The fourth-order valence-corrected chi connectivity index (χ4v) is 4.11. The van der Waals surface area contributed by atoms with E-state index in [9.17, 15) is 9.18 Å². The highest BCUT2D eigenvalue weighted by molar-refractivity contribution is 8.00. The van der Waals surface area contributed by atoms with Crippen molar-refractivity contribution in [1.82, 2.24) is 20.0 Å². The van der Waals surface area contributed by atoms with Crippen LogP contribution < -0.4 is 5.32 Å². The van der Waals surface area contributed by atoms with Gasteiger partial charge in [-0.3, -0.25) is 10.1 Å². The van der Waals surface area contributed by atoms with Crippen molar-refractivity contribution >= 4 is 34.1 Å². The molecule has 2 aromatic carbocycles. The Hall–Kier alpha value is -3.04. The largest absolute Gasteiger partial charge is 0.295 e. The van der Waals surface area contributed by atoms with Gasteiger partial charge in [-0.25, -0.2) is 9.07 Å². The second-order valence-electron chi connectivity index (χ2n) is 5.73. The smallest absolute Gasteiger partial charge is 0.277 e. The predicted octanol–water partition coefficient (Wildman–Crippen LogP) is 4.41. The molecule has 140 valence electrons. The maximum Gasteiger partial charge on any atom is 0.277 e. The lowest BCUT2D eigenvalue weighted by Crippen LogP contribution is -2.13. The van der Waals surface area contributed by atoms with Gasteiger partial charge < -0.3 is 0 Å². The zero-order valence-electron chi connectivity index (χ0n) is 14.4. The van der Waals surface area contributed by atoms with Crippen LogP contribution in [0.1, 0.15) is 16.1 Å². The third-order valence-corrected chi connectivity index (χ3v) is 5.77. The van der Waals surface area contributed by atoms with Gasteiger partial charge in [0.1, 0.15) is 5.82 Å². The van der Waals surface area contributed by atoms with Crippen molar-refractivity contribution in [2.24, 2.45) is 0 Å². The Morgan fingerprint density at radius 3 is 2.79 bits per heavy atom. The number of nitrogens with one attached hydrogen (secondary N) is 1. The fraction of sp³-hybridized carbons (Fsp3) is 0.0526. The fourth-order valence-electron chi connectivity index (χ4n) is 2.41. The Labute approximate surface area is 168 Å². The summed E-state index contributed by atoms with van der Waals surface area (Å²) in [5.41, 5.74) is 1.93. The molecule has 0 fully saturated rings.